The SMILES string of the molecule is Cc1ccnc(Cl)c1NC(=O)c1ccnn1C. The maximum Gasteiger partial charge on any atom is 0.274 e. The van der Waals surface area contributed by atoms with E-state index in [1.165, 1.54) is 4.68 Å². The Bertz CT molecular complexity index is 544. The molecule has 88 valence electrons. The molecule has 17 heavy (non-hydrogen) atoms. The van der Waals surface area contributed by atoms with Gasteiger partial charge in [-0.2, -0.15) is 5.10 Å². The average Bonchev–Trinajstić information content (AvgIpc) is 2.70. The molecule has 6 heteroatoms. The first-order chi connectivity index (χ1) is 8.09. The van der Waals surface area contributed by atoms with Crippen molar-refractivity contribution >= 4 is 23.2 Å². The van der Waals surface area contributed by atoms with Crippen LogP contribution in [0, 0.1) is 6.92 Å². The summed E-state index contributed by atoms with van der Waals surface area (Å²) in [7, 11) is 1.70. The molecule has 1 N–H and O–H groups in total. The maximum atomic E-state index is 11.9. The lowest BCUT2D eigenvalue weighted by Gasteiger charge is -2.09. The van der Waals surface area contributed by atoms with Gasteiger partial charge in [-0.05, 0) is 24.6 Å². The summed E-state index contributed by atoms with van der Waals surface area (Å²) in [6.45, 7) is 1.85. The number of nitrogens with one attached hydrogen (secondary N) is 1. The fraction of sp³-hybridized carbons (Fsp3) is 0.182. The molecule has 0 aliphatic rings. The van der Waals surface area contributed by atoms with Crippen molar-refractivity contribution in [1.82, 2.24) is 14.8 Å². The highest BCUT2D eigenvalue weighted by atomic mass is 35.5. The van der Waals surface area contributed by atoms with Gasteiger partial charge in [0.25, 0.3) is 5.91 Å². The number of aromatic nitrogens is 3. The van der Waals surface area contributed by atoms with E-state index in [9.17, 15) is 4.79 Å². The van der Waals surface area contributed by atoms with Gasteiger partial charge >= 0.3 is 0 Å². The van der Waals surface area contributed by atoms with Gasteiger partial charge in [0, 0.05) is 19.4 Å². The van der Waals surface area contributed by atoms with Crippen LogP contribution in [-0.4, -0.2) is 20.7 Å². The van der Waals surface area contributed by atoms with Crippen molar-refractivity contribution in [3.63, 3.8) is 0 Å². The number of pyridine rings is 1. The number of amides is 1. The molecule has 2 aromatic heterocycles. The highest BCUT2D eigenvalue weighted by molar-refractivity contribution is 6.32. The second-order valence-corrected chi connectivity index (χ2v) is 3.95. The summed E-state index contributed by atoms with van der Waals surface area (Å²) < 4.78 is 1.49. The van der Waals surface area contributed by atoms with E-state index in [0.717, 1.165) is 5.56 Å². The Morgan fingerprint density at radius 1 is 1.41 bits per heavy atom. The Labute approximate surface area is 103 Å². The molecule has 0 unspecified atom stereocenters. The molecule has 2 rings (SSSR count). The molecule has 0 saturated carbocycles. The Balaban J connectivity index is 2.28. The van der Waals surface area contributed by atoms with Crippen LogP contribution in [0.5, 0.6) is 0 Å². The smallest absolute Gasteiger partial charge is 0.274 e. The van der Waals surface area contributed by atoms with E-state index in [-0.39, 0.29) is 11.1 Å². The molecular formula is C11H11ClN4O. The monoisotopic (exact) mass is 250 g/mol. The van der Waals surface area contributed by atoms with Crippen LogP contribution in [0.15, 0.2) is 24.5 Å². The van der Waals surface area contributed by atoms with E-state index in [4.69, 9.17) is 11.6 Å². The predicted octanol–water partition coefficient (Wildman–Crippen LogP) is 2.03. The van der Waals surface area contributed by atoms with Gasteiger partial charge in [-0.3, -0.25) is 9.48 Å². The van der Waals surface area contributed by atoms with Gasteiger partial charge in [0.05, 0.1) is 5.69 Å². The topological polar surface area (TPSA) is 59.8 Å². The molecule has 0 radical (unpaired) electrons. The summed E-state index contributed by atoms with van der Waals surface area (Å²) in [6.07, 6.45) is 3.16. The quantitative estimate of drug-likeness (QED) is 0.830. The number of aryl methyl sites for hydroxylation is 2. The number of hydrogen-bond donors (Lipinski definition) is 1. The van der Waals surface area contributed by atoms with Crippen molar-refractivity contribution in [2.24, 2.45) is 7.05 Å². The molecule has 0 aliphatic carbocycles. The molecule has 2 heterocycles. The van der Waals surface area contributed by atoms with E-state index in [1.807, 2.05) is 6.92 Å². The predicted molar refractivity (Wildman–Crippen MR) is 65.1 cm³/mol. The second-order valence-electron chi connectivity index (χ2n) is 3.59. The molecule has 0 spiro atoms. The molecule has 0 bridgehead atoms. The number of hydrogen-bond acceptors (Lipinski definition) is 3. The average molecular weight is 251 g/mol. The van der Waals surface area contributed by atoms with Crippen LogP contribution in [0.2, 0.25) is 5.15 Å². The maximum absolute atomic E-state index is 11.9. The minimum Gasteiger partial charge on any atom is -0.318 e. The Hall–Kier alpha value is -1.88. The van der Waals surface area contributed by atoms with E-state index in [1.54, 1.807) is 31.6 Å². The number of anilines is 1. The zero-order valence-corrected chi connectivity index (χ0v) is 10.2. The molecular weight excluding hydrogens is 240 g/mol. The zero-order valence-electron chi connectivity index (χ0n) is 9.44. The van der Waals surface area contributed by atoms with Gasteiger partial charge in [0.15, 0.2) is 5.15 Å². The molecule has 5 nitrogen and oxygen atoms in total. The minimum absolute atomic E-state index is 0.261. The fourth-order valence-corrected chi connectivity index (χ4v) is 1.70. The van der Waals surface area contributed by atoms with Crippen molar-refractivity contribution in [3.05, 3.63) is 40.9 Å². The Morgan fingerprint density at radius 3 is 2.76 bits per heavy atom. The lowest BCUT2D eigenvalue weighted by atomic mass is 10.2. The van der Waals surface area contributed by atoms with Gasteiger partial charge in [-0.1, -0.05) is 11.6 Å². The van der Waals surface area contributed by atoms with E-state index < -0.39 is 0 Å². The third-order valence-electron chi connectivity index (χ3n) is 2.41. The van der Waals surface area contributed by atoms with Crippen LogP contribution in [0.25, 0.3) is 0 Å². The fourth-order valence-electron chi connectivity index (χ4n) is 1.45. The molecule has 0 fully saturated rings. The van der Waals surface area contributed by atoms with Crippen molar-refractivity contribution < 1.29 is 4.79 Å². The first-order valence-corrected chi connectivity index (χ1v) is 5.38. The van der Waals surface area contributed by atoms with Crippen molar-refractivity contribution in [3.8, 4) is 0 Å². The first kappa shape index (κ1) is 11.6. The Morgan fingerprint density at radius 2 is 2.18 bits per heavy atom. The molecule has 2 aromatic rings. The summed E-state index contributed by atoms with van der Waals surface area (Å²) in [5.41, 5.74) is 1.85. The largest absolute Gasteiger partial charge is 0.318 e. The van der Waals surface area contributed by atoms with E-state index >= 15 is 0 Å². The summed E-state index contributed by atoms with van der Waals surface area (Å²) in [6, 6.07) is 3.42. The lowest BCUT2D eigenvalue weighted by Crippen LogP contribution is -2.17. The molecule has 0 atom stereocenters. The lowest BCUT2D eigenvalue weighted by molar-refractivity contribution is 0.101. The van der Waals surface area contributed by atoms with E-state index in [0.29, 0.717) is 11.4 Å². The van der Waals surface area contributed by atoms with Crippen LogP contribution in [0.4, 0.5) is 5.69 Å². The Kier molecular flexibility index (Phi) is 3.10. The van der Waals surface area contributed by atoms with Crippen LogP contribution in [0.3, 0.4) is 0 Å². The number of halogens is 1. The summed E-state index contributed by atoms with van der Waals surface area (Å²) in [5.74, 6) is -0.261. The van der Waals surface area contributed by atoms with Crippen LogP contribution in [0.1, 0.15) is 16.1 Å². The third-order valence-corrected chi connectivity index (χ3v) is 2.69. The van der Waals surface area contributed by atoms with Crippen molar-refractivity contribution in [2.75, 3.05) is 5.32 Å². The van der Waals surface area contributed by atoms with Gasteiger partial charge in [-0.25, -0.2) is 4.98 Å². The van der Waals surface area contributed by atoms with Gasteiger partial charge in [0.1, 0.15) is 5.69 Å². The molecule has 1 amide bonds. The highest BCUT2D eigenvalue weighted by Gasteiger charge is 2.13. The first-order valence-electron chi connectivity index (χ1n) is 5.00. The van der Waals surface area contributed by atoms with Gasteiger partial charge < -0.3 is 5.32 Å². The number of carbonyl (C=O) groups excluding carboxylic acids is 1. The summed E-state index contributed by atoms with van der Waals surface area (Å²) >= 11 is 5.93. The summed E-state index contributed by atoms with van der Waals surface area (Å²) in [5, 5.41) is 6.94. The standard InChI is InChI=1S/C11H11ClN4O/c1-7-3-5-13-10(12)9(7)15-11(17)8-4-6-14-16(8)2/h3-6H,1-2H3,(H,15,17). The normalized spacial score (nSPS) is 10.3. The molecule has 0 aliphatic heterocycles. The number of rotatable bonds is 2. The van der Waals surface area contributed by atoms with Gasteiger partial charge in [-0.15, -0.1) is 0 Å². The minimum atomic E-state index is -0.261. The van der Waals surface area contributed by atoms with Crippen LogP contribution < -0.4 is 5.32 Å². The molecule has 0 saturated heterocycles. The van der Waals surface area contributed by atoms with Crippen LogP contribution >= 0.6 is 11.6 Å². The van der Waals surface area contributed by atoms with Crippen LogP contribution in [-0.2, 0) is 7.05 Å². The zero-order chi connectivity index (χ0) is 12.4. The van der Waals surface area contributed by atoms with E-state index in [2.05, 4.69) is 15.4 Å². The van der Waals surface area contributed by atoms with Crippen molar-refractivity contribution in [1.29, 1.82) is 0 Å². The summed E-state index contributed by atoms with van der Waals surface area (Å²) in [4.78, 5) is 15.9. The highest BCUT2D eigenvalue weighted by Crippen LogP contribution is 2.23. The van der Waals surface area contributed by atoms with Crippen molar-refractivity contribution in [2.45, 2.75) is 6.92 Å². The second kappa shape index (κ2) is 4.55. The van der Waals surface area contributed by atoms with Gasteiger partial charge in [0.2, 0.25) is 0 Å². The number of carbonyl (C=O) groups is 1. The molecule has 0 aromatic carbocycles. The third kappa shape index (κ3) is 2.29. The number of nitrogens with zero attached hydrogens (tertiary/aromatic N) is 3.